The Labute approximate surface area is 81.2 Å². The monoisotopic (exact) mass is 195 g/mol. The van der Waals surface area contributed by atoms with E-state index >= 15 is 0 Å². The summed E-state index contributed by atoms with van der Waals surface area (Å²) in [5, 5.41) is 2.12. The van der Waals surface area contributed by atoms with Gasteiger partial charge in [-0.3, -0.25) is 4.40 Å². The summed E-state index contributed by atoms with van der Waals surface area (Å²) in [7, 11) is 0. The molecule has 13 heavy (non-hydrogen) atoms. The van der Waals surface area contributed by atoms with Crippen molar-refractivity contribution in [3.05, 3.63) is 16.8 Å². The Morgan fingerprint density at radius 3 is 2.85 bits per heavy atom. The molecule has 2 heterocycles. The molecule has 2 N–H and O–H groups in total. The van der Waals surface area contributed by atoms with Crippen molar-refractivity contribution in [3.8, 4) is 0 Å². The number of thiazole rings is 1. The fraction of sp³-hybridized carbons (Fsp3) is 0.444. The van der Waals surface area contributed by atoms with Crippen LogP contribution < -0.4 is 5.73 Å². The van der Waals surface area contributed by atoms with Crippen LogP contribution in [-0.4, -0.2) is 9.38 Å². The molecule has 2 aromatic heterocycles. The van der Waals surface area contributed by atoms with Gasteiger partial charge in [-0.15, -0.1) is 11.3 Å². The summed E-state index contributed by atoms with van der Waals surface area (Å²) in [5.74, 6) is 0.815. The number of nitrogen functional groups attached to an aromatic ring is 1. The lowest BCUT2D eigenvalue weighted by Gasteiger charge is -1.97. The van der Waals surface area contributed by atoms with Gasteiger partial charge in [0.1, 0.15) is 5.82 Å². The smallest absolute Gasteiger partial charge is 0.195 e. The van der Waals surface area contributed by atoms with Crippen LogP contribution in [-0.2, 0) is 12.8 Å². The third kappa shape index (κ3) is 1.13. The summed E-state index contributed by atoms with van der Waals surface area (Å²) in [6.07, 6.45) is 1.91. The predicted octanol–water partition coefficient (Wildman–Crippen LogP) is 2.10. The molecule has 0 saturated carbocycles. The number of imidazole rings is 1. The summed E-state index contributed by atoms with van der Waals surface area (Å²) in [4.78, 5) is 5.48. The van der Waals surface area contributed by atoms with Crippen molar-refractivity contribution in [3.63, 3.8) is 0 Å². The maximum atomic E-state index is 5.98. The Balaban J connectivity index is 2.72. The van der Waals surface area contributed by atoms with Gasteiger partial charge in [0.2, 0.25) is 0 Å². The van der Waals surface area contributed by atoms with Gasteiger partial charge in [-0.05, 0) is 12.8 Å². The van der Waals surface area contributed by atoms with Crippen LogP contribution in [0.1, 0.15) is 25.2 Å². The fourth-order valence-electron chi connectivity index (χ4n) is 1.49. The standard InChI is InChI=1S/C9H13N3S/c1-3-6-5-13-9-11-7(4-2)8(10)12(6)9/h5H,3-4,10H2,1-2H3. The van der Waals surface area contributed by atoms with Crippen molar-refractivity contribution < 1.29 is 0 Å². The Hall–Kier alpha value is -1.03. The largest absolute Gasteiger partial charge is 0.383 e. The number of nitrogens with zero attached hydrogens (tertiary/aromatic N) is 2. The molecule has 3 nitrogen and oxygen atoms in total. The number of hydrogen-bond acceptors (Lipinski definition) is 3. The van der Waals surface area contributed by atoms with Gasteiger partial charge in [0.25, 0.3) is 0 Å². The van der Waals surface area contributed by atoms with E-state index in [-0.39, 0.29) is 0 Å². The maximum Gasteiger partial charge on any atom is 0.195 e. The minimum atomic E-state index is 0.815. The average molecular weight is 195 g/mol. The third-order valence-electron chi connectivity index (χ3n) is 2.24. The van der Waals surface area contributed by atoms with Gasteiger partial charge in [-0.1, -0.05) is 13.8 Å². The number of aromatic nitrogens is 2. The second-order valence-corrected chi connectivity index (χ2v) is 3.83. The fourth-order valence-corrected chi connectivity index (χ4v) is 2.48. The van der Waals surface area contributed by atoms with Gasteiger partial charge in [-0.2, -0.15) is 0 Å². The first kappa shape index (κ1) is 8.56. The molecule has 2 rings (SSSR count). The Bertz CT molecular complexity index is 427. The molecule has 0 amide bonds. The molecule has 0 spiro atoms. The van der Waals surface area contributed by atoms with Gasteiger partial charge < -0.3 is 5.73 Å². The quantitative estimate of drug-likeness (QED) is 0.797. The molecule has 0 aliphatic rings. The zero-order valence-electron chi connectivity index (χ0n) is 7.87. The number of rotatable bonds is 2. The topological polar surface area (TPSA) is 43.3 Å². The van der Waals surface area contributed by atoms with Crippen molar-refractivity contribution in [2.24, 2.45) is 0 Å². The lowest BCUT2D eigenvalue weighted by molar-refractivity contribution is 1.00. The molecule has 0 aliphatic heterocycles. The molecule has 70 valence electrons. The number of aryl methyl sites for hydroxylation is 2. The zero-order valence-corrected chi connectivity index (χ0v) is 8.69. The summed E-state index contributed by atoms with van der Waals surface area (Å²) in [6.45, 7) is 4.21. The minimum absolute atomic E-state index is 0.815. The van der Waals surface area contributed by atoms with Crippen LogP contribution in [0.25, 0.3) is 4.96 Å². The first-order valence-electron chi connectivity index (χ1n) is 4.51. The molecule has 0 atom stereocenters. The van der Waals surface area contributed by atoms with Crippen molar-refractivity contribution in [2.45, 2.75) is 26.7 Å². The molecule has 0 unspecified atom stereocenters. The molecular formula is C9H13N3S. The van der Waals surface area contributed by atoms with E-state index in [4.69, 9.17) is 5.73 Å². The Morgan fingerprint density at radius 2 is 2.23 bits per heavy atom. The Morgan fingerprint density at radius 1 is 1.46 bits per heavy atom. The van der Waals surface area contributed by atoms with E-state index in [2.05, 4.69) is 28.6 Å². The van der Waals surface area contributed by atoms with E-state index in [0.29, 0.717) is 0 Å². The molecule has 0 aromatic carbocycles. The normalized spacial score (nSPS) is 11.2. The van der Waals surface area contributed by atoms with Gasteiger partial charge in [0, 0.05) is 11.1 Å². The van der Waals surface area contributed by atoms with Gasteiger partial charge in [-0.25, -0.2) is 4.98 Å². The molecule has 0 aliphatic carbocycles. The van der Waals surface area contributed by atoms with Gasteiger partial charge in [0.05, 0.1) is 5.69 Å². The number of anilines is 1. The summed E-state index contributed by atoms with van der Waals surface area (Å²) in [5.41, 5.74) is 8.25. The van der Waals surface area contributed by atoms with E-state index in [9.17, 15) is 0 Å². The van der Waals surface area contributed by atoms with Crippen LogP contribution >= 0.6 is 11.3 Å². The molecule has 0 radical (unpaired) electrons. The molecule has 0 fully saturated rings. The number of nitrogens with two attached hydrogens (primary N) is 1. The second-order valence-electron chi connectivity index (χ2n) is 3.00. The van der Waals surface area contributed by atoms with E-state index in [0.717, 1.165) is 29.3 Å². The molecule has 2 aromatic rings. The van der Waals surface area contributed by atoms with Crippen molar-refractivity contribution in [2.75, 3.05) is 5.73 Å². The second kappa shape index (κ2) is 3.03. The maximum absolute atomic E-state index is 5.98. The highest BCUT2D eigenvalue weighted by atomic mass is 32.1. The highest BCUT2D eigenvalue weighted by Gasteiger charge is 2.11. The molecule has 0 bridgehead atoms. The minimum Gasteiger partial charge on any atom is -0.383 e. The number of hydrogen-bond donors (Lipinski definition) is 1. The first-order valence-corrected chi connectivity index (χ1v) is 5.39. The average Bonchev–Trinajstić information content (AvgIpc) is 2.66. The summed E-state index contributed by atoms with van der Waals surface area (Å²) in [6, 6.07) is 0. The third-order valence-corrected chi connectivity index (χ3v) is 3.12. The van der Waals surface area contributed by atoms with E-state index in [1.54, 1.807) is 11.3 Å². The van der Waals surface area contributed by atoms with Crippen LogP contribution in [0.4, 0.5) is 5.82 Å². The van der Waals surface area contributed by atoms with Crippen molar-refractivity contribution in [1.29, 1.82) is 0 Å². The summed E-state index contributed by atoms with van der Waals surface area (Å²) < 4.78 is 2.06. The highest BCUT2D eigenvalue weighted by molar-refractivity contribution is 7.15. The van der Waals surface area contributed by atoms with E-state index in [1.165, 1.54) is 5.69 Å². The van der Waals surface area contributed by atoms with Crippen molar-refractivity contribution in [1.82, 2.24) is 9.38 Å². The van der Waals surface area contributed by atoms with Crippen LogP contribution in [0.5, 0.6) is 0 Å². The van der Waals surface area contributed by atoms with E-state index in [1.807, 2.05) is 0 Å². The SMILES string of the molecule is CCc1nc2scc(CC)n2c1N. The number of fused-ring (bicyclic) bond motifs is 1. The molecule has 4 heteroatoms. The summed E-state index contributed by atoms with van der Waals surface area (Å²) >= 11 is 1.66. The lowest BCUT2D eigenvalue weighted by atomic mass is 10.3. The van der Waals surface area contributed by atoms with E-state index < -0.39 is 0 Å². The van der Waals surface area contributed by atoms with Gasteiger partial charge >= 0.3 is 0 Å². The van der Waals surface area contributed by atoms with Crippen LogP contribution in [0.2, 0.25) is 0 Å². The van der Waals surface area contributed by atoms with Crippen molar-refractivity contribution >= 4 is 22.1 Å². The lowest BCUT2D eigenvalue weighted by Crippen LogP contribution is -1.97. The molecule has 0 saturated heterocycles. The Kier molecular flexibility index (Phi) is 2.00. The van der Waals surface area contributed by atoms with Gasteiger partial charge in [0.15, 0.2) is 4.96 Å². The predicted molar refractivity (Wildman–Crippen MR) is 56.2 cm³/mol. The zero-order chi connectivity index (χ0) is 9.42. The van der Waals surface area contributed by atoms with Crippen LogP contribution in [0.15, 0.2) is 5.38 Å². The molecular weight excluding hydrogens is 182 g/mol. The van der Waals surface area contributed by atoms with Crippen LogP contribution in [0.3, 0.4) is 0 Å². The first-order chi connectivity index (χ1) is 6.27. The highest BCUT2D eigenvalue weighted by Crippen LogP contribution is 2.23. The van der Waals surface area contributed by atoms with Crippen LogP contribution in [0, 0.1) is 0 Å².